The zero-order valence-corrected chi connectivity index (χ0v) is 8.45. The lowest BCUT2D eigenvalue weighted by Gasteiger charge is -2.07. The van der Waals surface area contributed by atoms with Crippen molar-refractivity contribution < 1.29 is 4.79 Å². The van der Waals surface area contributed by atoms with Gasteiger partial charge in [-0.25, -0.2) is 4.90 Å². The average molecular weight is 201 g/mol. The van der Waals surface area contributed by atoms with Crippen molar-refractivity contribution in [2.24, 2.45) is 0 Å². The number of carbonyl (C=O) groups excluding carboxylic acids is 1. The van der Waals surface area contributed by atoms with Gasteiger partial charge in [0.1, 0.15) is 0 Å². The van der Waals surface area contributed by atoms with E-state index in [4.69, 9.17) is 5.26 Å². The van der Waals surface area contributed by atoms with Crippen LogP contribution in [0.4, 0.5) is 5.69 Å². The van der Waals surface area contributed by atoms with Gasteiger partial charge in [0.2, 0.25) is 5.91 Å². The Bertz CT molecular complexity index is 448. The molecule has 0 bridgehead atoms. The van der Waals surface area contributed by atoms with Gasteiger partial charge < -0.3 is 5.32 Å². The van der Waals surface area contributed by atoms with Crippen LogP contribution >= 0.6 is 0 Å². The second kappa shape index (κ2) is 3.71. The van der Waals surface area contributed by atoms with Gasteiger partial charge in [-0.05, 0) is 24.2 Å². The summed E-state index contributed by atoms with van der Waals surface area (Å²) in [6.45, 7) is 0.772. The van der Waals surface area contributed by atoms with E-state index >= 15 is 0 Å². The van der Waals surface area contributed by atoms with E-state index < -0.39 is 0 Å². The largest absolute Gasteiger partial charge is 0.316 e. The summed E-state index contributed by atoms with van der Waals surface area (Å²) in [6, 6.07) is 5.73. The Morgan fingerprint density at radius 2 is 2.40 bits per heavy atom. The average Bonchev–Trinajstić information content (AvgIpc) is 2.53. The van der Waals surface area contributed by atoms with E-state index in [0.717, 1.165) is 28.3 Å². The van der Waals surface area contributed by atoms with Gasteiger partial charge in [0.15, 0.2) is 6.19 Å². The Morgan fingerprint density at radius 3 is 3.07 bits per heavy atom. The summed E-state index contributed by atoms with van der Waals surface area (Å²) in [4.78, 5) is 12.6. The third-order valence-electron chi connectivity index (χ3n) is 2.46. The molecule has 0 aliphatic carbocycles. The fraction of sp³-hybridized carbons (Fsp3) is 0.273. The van der Waals surface area contributed by atoms with E-state index in [9.17, 15) is 4.79 Å². The molecule has 1 aromatic carbocycles. The summed E-state index contributed by atoms with van der Waals surface area (Å²) >= 11 is 0. The SMILES string of the molecule is CNCc1ccc2c(c1)CC(=O)N2C#N. The summed E-state index contributed by atoms with van der Waals surface area (Å²) in [5.41, 5.74) is 2.79. The van der Waals surface area contributed by atoms with Crippen molar-refractivity contribution in [1.82, 2.24) is 5.32 Å². The van der Waals surface area contributed by atoms with Gasteiger partial charge in [-0.1, -0.05) is 12.1 Å². The van der Waals surface area contributed by atoms with Crippen LogP contribution in [0.3, 0.4) is 0 Å². The molecule has 0 spiro atoms. The smallest absolute Gasteiger partial charge is 0.244 e. The minimum absolute atomic E-state index is 0.144. The molecular formula is C11H11N3O. The van der Waals surface area contributed by atoms with Gasteiger partial charge in [-0.2, -0.15) is 5.26 Å². The van der Waals surface area contributed by atoms with E-state index in [1.807, 2.05) is 31.4 Å². The number of benzene rings is 1. The highest BCUT2D eigenvalue weighted by atomic mass is 16.2. The topological polar surface area (TPSA) is 56.1 Å². The molecule has 1 heterocycles. The summed E-state index contributed by atoms with van der Waals surface area (Å²) in [5.74, 6) is -0.144. The van der Waals surface area contributed by atoms with Gasteiger partial charge >= 0.3 is 0 Å². The molecule has 4 heteroatoms. The first-order valence-electron chi connectivity index (χ1n) is 4.75. The van der Waals surface area contributed by atoms with Crippen molar-refractivity contribution in [3.63, 3.8) is 0 Å². The lowest BCUT2D eigenvalue weighted by molar-refractivity contribution is -0.116. The molecule has 0 unspecified atom stereocenters. The molecule has 1 aliphatic rings. The number of carbonyl (C=O) groups is 1. The summed E-state index contributed by atoms with van der Waals surface area (Å²) in [6.07, 6.45) is 2.22. The Balaban J connectivity index is 2.38. The van der Waals surface area contributed by atoms with Crippen molar-refractivity contribution in [3.8, 4) is 6.19 Å². The molecule has 4 nitrogen and oxygen atoms in total. The van der Waals surface area contributed by atoms with Crippen LogP contribution in [0.5, 0.6) is 0 Å². The number of nitrogens with zero attached hydrogens (tertiary/aromatic N) is 2. The third-order valence-corrected chi connectivity index (χ3v) is 2.46. The molecule has 1 aromatic rings. The van der Waals surface area contributed by atoms with Gasteiger partial charge in [0.05, 0.1) is 12.1 Å². The first-order valence-corrected chi connectivity index (χ1v) is 4.75. The number of anilines is 1. The van der Waals surface area contributed by atoms with Gasteiger partial charge in [-0.15, -0.1) is 0 Å². The molecule has 0 saturated heterocycles. The number of amides is 1. The zero-order chi connectivity index (χ0) is 10.8. The fourth-order valence-electron chi connectivity index (χ4n) is 1.80. The highest BCUT2D eigenvalue weighted by Gasteiger charge is 2.27. The van der Waals surface area contributed by atoms with Crippen LogP contribution in [-0.4, -0.2) is 13.0 Å². The first-order chi connectivity index (χ1) is 7.26. The van der Waals surface area contributed by atoms with E-state index in [0.29, 0.717) is 6.42 Å². The highest BCUT2D eigenvalue weighted by molar-refractivity contribution is 6.03. The van der Waals surface area contributed by atoms with E-state index in [1.54, 1.807) is 0 Å². The molecule has 0 atom stereocenters. The molecular weight excluding hydrogens is 190 g/mol. The molecule has 1 N–H and O–H groups in total. The van der Waals surface area contributed by atoms with Crippen LogP contribution in [0.2, 0.25) is 0 Å². The summed E-state index contributed by atoms with van der Waals surface area (Å²) in [5, 5.41) is 11.8. The van der Waals surface area contributed by atoms with Crippen LogP contribution in [0.1, 0.15) is 11.1 Å². The van der Waals surface area contributed by atoms with E-state index in [-0.39, 0.29) is 5.91 Å². The molecule has 15 heavy (non-hydrogen) atoms. The highest BCUT2D eigenvalue weighted by Crippen LogP contribution is 2.28. The van der Waals surface area contributed by atoms with E-state index in [1.165, 1.54) is 0 Å². The Kier molecular flexibility index (Phi) is 2.40. The number of fused-ring (bicyclic) bond motifs is 1. The van der Waals surface area contributed by atoms with E-state index in [2.05, 4.69) is 5.32 Å². The maximum Gasteiger partial charge on any atom is 0.244 e. The molecule has 76 valence electrons. The van der Waals surface area contributed by atoms with Crippen LogP contribution < -0.4 is 10.2 Å². The normalized spacial score (nSPS) is 13.9. The van der Waals surface area contributed by atoms with Crippen molar-refractivity contribution in [2.45, 2.75) is 13.0 Å². The maximum atomic E-state index is 11.4. The Hall–Kier alpha value is -1.86. The number of hydrogen-bond donors (Lipinski definition) is 1. The predicted molar refractivity (Wildman–Crippen MR) is 56.0 cm³/mol. The van der Waals surface area contributed by atoms with Gasteiger partial charge in [-0.3, -0.25) is 4.79 Å². The second-order valence-electron chi connectivity index (χ2n) is 3.50. The van der Waals surface area contributed by atoms with Gasteiger partial charge in [0.25, 0.3) is 0 Å². The summed E-state index contributed by atoms with van der Waals surface area (Å²) in [7, 11) is 1.87. The predicted octanol–water partition coefficient (Wildman–Crippen LogP) is 0.776. The summed E-state index contributed by atoms with van der Waals surface area (Å²) < 4.78 is 0. The molecule has 2 rings (SSSR count). The van der Waals surface area contributed by atoms with Crippen LogP contribution in [0.15, 0.2) is 18.2 Å². The van der Waals surface area contributed by atoms with Crippen molar-refractivity contribution in [3.05, 3.63) is 29.3 Å². The third kappa shape index (κ3) is 1.58. The maximum absolute atomic E-state index is 11.4. The van der Waals surface area contributed by atoms with Crippen LogP contribution in [0, 0.1) is 11.5 Å². The molecule has 1 aliphatic heterocycles. The molecule has 0 radical (unpaired) electrons. The van der Waals surface area contributed by atoms with Crippen molar-refractivity contribution in [2.75, 3.05) is 11.9 Å². The Labute approximate surface area is 88.1 Å². The molecule has 0 saturated carbocycles. The number of nitriles is 1. The first kappa shape index (κ1) is 9.69. The van der Waals surface area contributed by atoms with Crippen LogP contribution in [0.25, 0.3) is 0 Å². The van der Waals surface area contributed by atoms with Gasteiger partial charge in [0, 0.05) is 6.54 Å². The minimum Gasteiger partial charge on any atom is -0.316 e. The van der Waals surface area contributed by atoms with Crippen LogP contribution in [-0.2, 0) is 17.8 Å². The molecule has 0 fully saturated rings. The monoisotopic (exact) mass is 201 g/mol. The molecule has 0 aromatic heterocycles. The number of hydrogen-bond acceptors (Lipinski definition) is 3. The Morgan fingerprint density at radius 1 is 1.60 bits per heavy atom. The second-order valence-corrected chi connectivity index (χ2v) is 3.50. The molecule has 1 amide bonds. The van der Waals surface area contributed by atoms with Crippen molar-refractivity contribution >= 4 is 11.6 Å². The van der Waals surface area contributed by atoms with Crippen molar-refractivity contribution in [1.29, 1.82) is 5.26 Å². The lowest BCUT2D eigenvalue weighted by Crippen LogP contribution is -2.19. The zero-order valence-electron chi connectivity index (χ0n) is 8.45. The number of nitrogens with one attached hydrogen (secondary N) is 1. The fourth-order valence-corrected chi connectivity index (χ4v) is 1.80. The number of rotatable bonds is 2. The standard InChI is InChI=1S/C11H11N3O/c1-13-6-8-2-3-10-9(4-8)5-11(15)14(10)7-12/h2-4,13H,5-6H2,1H3. The quantitative estimate of drug-likeness (QED) is 0.719. The lowest BCUT2D eigenvalue weighted by atomic mass is 10.1. The minimum atomic E-state index is -0.144.